The zero-order valence-electron chi connectivity index (χ0n) is 11.6. The van der Waals surface area contributed by atoms with Crippen LogP contribution in [-0.4, -0.2) is 18.1 Å². The number of methoxy groups -OCH3 is 1. The van der Waals surface area contributed by atoms with Crippen molar-refractivity contribution in [2.24, 2.45) is 0 Å². The number of ether oxygens (including phenoxy) is 1. The molecule has 1 atom stereocenters. The number of halogens is 1. The summed E-state index contributed by atoms with van der Waals surface area (Å²) < 4.78 is 5.36. The van der Waals surface area contributed by atoms with Crippen molar-refractivity contribution in [2.45, 2.75) is 18.4 Å². The van der Waals surface area contributed by atoms with E-state index in [9.17, 15) is 5.11 Å². The molecule has 2 aromatic carbocycles. The summed E-state index contributed by atoms with van der Waals surface area (Å²) in [5.41, 5.74) is 0.885. The van der Waals surface area contributed by atoms with Gasteiger partial charge in [-0.3, -0.25) is 0 Å². The van der Waals surface area contributed by atoms with E-state index >= 15 is 0 Å². The van der Waals surface area contributed by atoms with Gasteiger partial charge in [-0.05, 0) is 23.6 Å². The van der Waals surface area contributed by atoms with Gasteiger partial charge in [-0.25, -0.2) is 0 Å². The van der Waals surface area contributed by atoms with Crippen LogP contribution in [0, 0.1) is 0 Å². The molecule has 0 fully saturated rings. The van der Waals surface area contributed by atoms with Gasteiger partial charge in [0.2, 0.25) is 0 Å². The van der Waals surface area contributed by atoms with Crippen LogP contribution in [0.15, 0.2) is 54.6 Å². The van der Waals surface area contributed by atoms with E-state index in [-0.39, 0.29) is 0 Å². The second-order valence-electron chi connectivity index (χ2n) is 4.83. The summed E-state index contributed by atoms with van der Waals surface area (Å²) in [6.07, 6.45) is 0.977. The number of para-hydroxylation sites is 1. The predicted molar refractivity (Wildman–Crippen MR) is 82.4 cm³/mol. The topological polar surface area (TPSA) is 29.5 Å². The molecule has 20 heavy (non-hydrogen) atoms. The highest BCUT2D eigenvalue weighted by molar-refractivity contribution is 6.17. The summed E-state index contributed by atoms with van der Waals surface area (Å²) in [5.74, 6) is 1.19. The molecule has 0 saturated carbocycles. The first-order valence-electron chi connectivity index (χ1n) is 6.65. The summed E-state index contributed by atoms with van der Waals surface area (Å²) in [5, 5.41) is 11.0. The van der Waals surface area contributed by atoms with E-state index in [1.54, 1.807) is 7.11 Å². The van der Waals surface area contributed by atoms with Crippen molar-refractivity contribution in [3.63, 3.8) is 0 Å². The molecule has 1 N–H and O–H groups in total. The minimum absolute atomic E-state index is 0.403. The predicted octanol–water partition coefficient (Wildman–Crippen LogP) is 3.75. The molecule has 0 aliphatic carbocycles. The molecule has 2 aromatic rings. The molecule has 0 heterocycles. The maximum atomic E-state index is 11.0. The van der Waals surface area contributed by atoms with Crippen LogP contribution in [0.1, 0.15) is 17.5 Å². The quantitative estimate of drug-likeness (QED) is 0.821. The van der Waals surface area contributed by atoms with Gasteiger partial charge in [-0.15, -0.1) is 11.6 Å². The van der Waals surface area contributed by atoms with E-state index in [0.29, 0.717) is 18.7 Å². The van der Waals surface area contributed by atoms with Crippen molar-refractivity contribution in [1.82, 2.24) is 0 Å². The third-order valence-corrected chi connectivity index (χ3v) is 3.68. The van der Waals surface area contributed by atoms with Crippen LogP contribution in [0.4, 0.5) is 0 Å². The number of alkyl halides is 1. The highest BCUT2D eigenvalue weighted by Crippen LogP contribution is 2.32. The standard InChI is InChI=1S/C17H19ClO2/c1-20-16-10-6-5-7-14(16)13-17(19,11-12-18)15-8-3-2-4-9-15/h2-10,19H,11-13H2,1H3. The fraction of sp³-hybridized carbons (Fsp3) is 0.294. The lowest BCUT2D eigenvalue weighted by molar-refractivity contribution is 0.0331. The highest BCUT2D eigenvalue weighted by atomic mass is 35.5. The Kier molecular flexibility index (Phi) is 5.05. The van der Waals surface area contributed by atoms with Crippen LogP contribution < -0.4 is 4.74 Å². The van der Waals surface area contributed by atoms with Gasteiger partial charge in [0.05, 0.1) is 12.7 Å². The van der Waals surface area contributed by atoms with E-state index in [1.807, 2.05) is 54.6 Å². The number of hydrogen-bond acceptors (Lipinski definition) is 2. The second kappa shape index (κ2) is 6.78. The number of benzene rings is 2. The number of aliphatic hydroxyl groups is 1. The van der Waals surface area contributed by atoms with Gasteiger partial charge in [0.15, 0.2) is 0 Å². The molecule has 2 rings (SSSR count). The zero-order chi connectivity index (χ0) is 14.4. The molecule has 0 aromatic heterocycles. The lowest BCUT2D eigenvalue weighted by Gasteiger charge is -2.29. The Balaban J connectivity index is 2.34. The van der Waals surface area contributed by atoms with Crippen molar-refractivity contribution in [3.05, 3.63) is 65.7 Å². The van der Waals surface area contributed by atoms with E-state index in [0.717, 1.165) is 16.9 Å². The van der Waals surface area contributed by atoms with Gasteiger partial charge in [0.25, 0.3) is 0 Å². The van der Waals surface area contributed by atoms with Gasteiger partial charge in [0.1, 0.15) is 5.75 Å². The molecule has 1 unspecified atom stereocenters. The van der Waals surface area contributed by atoms with Gasteiger partial charge < -0.3 is 9.84 Å². The molecule has 2 nitrogen and oxygen atoms in total. The van der Waals surface area contributed by atoms with Gasteiger partial charge in [0, 0.05) is 12.3 Å². The Bertz CT molecular complexity index is 542. The third kappa shape index (κ3) is 3.33. The van der Waals surface area contributed by atoms with E-state index < -0.39 is 5.60 Å². The lowest BCUT2D eigenvalue weighted by atomic mass is 9.85. The second-order valence-corrected chi connectivity index (χ2v) is 5.20. The van der Waals surface area contributed by atoms with Crippen molar-refractivity contribution >= 4 is 11.6 Å². The summed E-state index contributed by atoms with van der Waals surface area (Å²) in [7, 11) is 1.64. The first-order valence-corrected chi connectivity index (χ1v) is 7.19. The average molecular weight is 291 g/mol. The molecule has 0 radical (unpaired) electrons. The summed E-state index contributed by atoms with van der Waals surface area (Å²) in [4.78, 5) is 0. The van der Waals surface area contributed by atoms with Crippen molar-refractivity contribution < 1.29 is 9.84 Å². The van der Waals surface area contributed by atoms with Gasteiger partial charge in [-0.2, -0.15) is 0 Å². The summed E-state index contributed by atoms with van der Waals surface area (Å²) in [6.45, 7) is 0. The maximum Gasteiger partial charge on any atom is 0.122 e. The van der Waals surface area contributed by atoms with Gasteiger partial charge >= 0.3 is 0 Å². The van der Waals surface area contributed by atoms with Crippen molar-refractivity contribution in [3.8, 4) is 5.75 Å². The number of rotatable bonds is 6. The molecule has 0 bridgehead atoms. The van der Waals surface area contributed by atoms with Crippen LogP contribution in [0.5, 0.6) is 5.75 Å². The Labute approximate surface area is 125 Å². The Morgan fingerprint density at radius 2 is 1.70 bits per heavy atom. The van der Waals surface area contributed by atoms with Crippen LogP contribution in [0.2, 0.25) is 0 Å². The molecule has 0 amide bonds. The lowest BCUT2D eigenvalue weighted by Crippen LogP contribution is -2.29. The molecule has 0 aliphatic rings. The maximum absolute atomic E-state index is 11.0. The first-order chi connectivity index (χ1) is 9.69. The molecule has 3 heteroatoms. The van der Waals surface area contributed by atoms with Crippen molar-refractivity contribution in [1.29, 1.82) is 0 Å². The van der Waals surface area contributed by atoms with Crippen molar-refractivity contribution in [2.75, 3.05) is 13.0 Å². The molecular formula is C17H19ClO2. The highest BCUT2D eigenvalue weighted by Gasteiger charge is 2.29. The largest absolute Gasteiger partial charge is 0.496 e. The SMILES string of the molecule is COc1ccccc1CC(O)(CCCl)c1ccccc1. The fourth-order valence-corrected chi connectivity index (χ4v) is 2.72. The molecule has 106 valence electrons. The van der Waals surface area contributed by atoms with Crippen LogP contribution >= 0.6 is 11.6 Å². The van der Waals surface area contributed by atoms with E-state index in [4.69, 9.17) is 16.3 Å². The monoisotopic (exact) mass is 290 g/mol. The summed E-state index contributed by atoms with van der Waals surface area (Å²) >= 11 is 5.88. The molecule has 0 aliphatic heterocycles. The Hall–Kier alpha value is -1.51. The van der Waals surface area contributed by atoms with E-state index in [1.165, 1.54) is 0 Å². The Morgan fingerprint density at radius 1 is 1.05 bits per heavy atom. The fourth-order valence-electron chi connectivity index (χ4n) is 2.40. The molecule has 0 saturated heterocycles. The first kappa shape index (κ1) is 14.9. The van der Waals surface area contributed by atoms with Crippen LogP contribution in [0.3, 0.4) is 0 Å². The minimum atomic E-state index is -0.975. The third-order valence-electron chi connectivity index (χ3n) is 3.49. The van der Waals surface area contributed by atoms with Gasteiger partial charge in [-0.1, -0.05) is 48.5 Å². The minimum Gasteiger partial charge on any atom is -0.496 e. The van der Waals surface area contributed by atoms with Crippen LogP contribution in [0.25, 0.3) is 0 Å². The van der Waals surface area contributed by atoms with Crippen LogP contribution in [-0.2, 0) is 12.0 Å². The average Bonchev–Trinajstić information content (AvgIpc) is 2.49. The normalized spacial score (nSPS) is 13.8. The smallest absolute Gasteiger partial charge is 0.122 e. The Morgan fingerprint density at radius 3 is 2.35 bits per heavy atom. The number of hydrogen-bond donors (Lipinski definition) is 1. The van der Waals surface area contributed by atoms with E-state index in [2.05, 4.69) is 0 Å². The zero-order valence-corrected chi connectivity index (χ0v) is 12.3. The molecule has 0 spiro atoms. The summed E-state index contributed by atoms with van der Waals surface area (Å²) in [6, 6.07) is 17.4. The molecular weight excluding hydrogens is 272 g/mol.